The van der Waals surface area contributed by atoms with Gasteiger partial charge in [-0.05, 0) is 57.1 Å². The summed E-state index contributed by atoms with van der Waals surface area (Å²) in [5.41, 5.74) is 7.07. The summed E-state index contributed by atoms with van der Waals surface area (Å²) in [6, 6.07) is 7.19. The van der Waals surface area contributed by atoms with Crippen LogP contribution in [0.3, 0.4) is 0 Å². The van der Waals surface area contributed by atoms with Crippen LogP contribution in [0, 0.1) is 5.92 Å². The van der Waals surface area contributed by atoms with Crippen LogP contribution in [-0.2, 0) is 0 Å². The molecule has 0 saturated carbocycles. The Morgan fingerprint density at radius 1 is 1.26 bits per heavy atom. The molecule has 0 radical (unpaired) electrons. The van der Waals surface area contributed by atoms with E-state index in [1.54, 1.807) is 12.1 Å². The number of hydrogen-bond acceptors (Lipinski definition) is 3. The summed E-state index contributed by atoms with van der Waals surface area (Å²) in [5.74, 6) is 0.841. The van der Waals surface area contributed by atoms with E-state index < -0.39 is 0 Å². The van der Waals surface area contributed by atoms with E-state index >= 15 is 0 Å². The monoisotopic (exact) mass is 261 g/mol. The van der Waals surface area contributed by atoms with Crippen LogP contribution in [0.1, 0.15) is 23.2 Å². The number of nitrogen functional groups attached to an aromatic ring is 1. The molecule has 1 aliphatic heterocycles. The number of amides is 1. The van der Waals surface area contributed by atoms with Gasteiger partial charge in [0.2, 0.25) is 0 Å². The third-order valence-electron chi connectivity index (χ3n) is 3.68. The van der Waals surface area contributed by atoms with Gasteiger partial charge in [0.15, 0.2) is 0 Å². The van der Waals surface area contributed by atoms with Crippen molar-refractivity contribution in [2.75, 3.05) is 39.5 Å². The van der Waals surface area contributed by atoms with E-state index in [-0.39, 0.29) is 5.91 Å². The molecule has 19 heavy (non-hydrogen) atoms. The van der Waals surface area contributed by atoms with E-state index in [9.17, 15) is 4.79 Å². The predicted octanol–water partition coefficient (Wildman–Crippen LogP) is 1.68. The SMILES string of the molecule is CN(C)CC1CCN(C(=O)c2ccc(N)cc2)CC1. The summed E-state index contributed by atoms with van der Waals surface area (Å²) in [6.45, 7) is 2.84. The van der Waals surface area contributed by atoms with Crippen molar-refractivity contribution >= 4 is 11.6 Å². The van der Waals surface area contributed by atoms with Crippen LogP contribution in [-0.4, -0.2) is 49.4 Å². The second-order valence-electron chi connectivity index (χ2n) is 5.62. The Bertz CT molecular complexity index is 420. The molecule has 1 saturated heterocycles. The highest BCUT2D eigenvalue weighted by molar-refractivity contribution is 5.94. The van der Waals surface area contributed by atoms with E-state index in [0.29, 0.717) is 11.6 Å². The molecular formula is C15H23N3O. The summed E-state index contributed by atoms with van der Waals surface area (Å²) in [7, 11) is 4.21. The highest BCUT2D eigenvalue weighted by Crippen LogP contribution is 2.19. The van der Waals surface area contributed by atoms with Gasteiger partial charge in [0.05, 0.1) is 0 Å². The minimum absolute atomic E-state index is 0.128. The summed E-state index contributed by atoms with van der Waals surface area (Å²) in [6.07, 6.45) is 2.19. The van der Waals surface area contributed by atoms with Crippen molar-refractivity contribution in [3.63, 3.8) is 0 Å². The van der Waals surface area contributed by atoms with Crippen molar-refractivity contribution in [2.45, 2.75) is 12.8 Å². The number of hydrogen-bond donors (Lipinski definition) is 1. The van der Waals surface area contributed by atoms with Crippen molar-refractivity contribution in [1.29, 1.82) is 0 Å². The molecule has 1 fully saturated rings. The van der Waals surface area contributed by atoms with Crippen molar-refractivity contribution in [3.8, 4) is 0 Å². The molecular weight excluding hydrogens is 238 g/mol. The first-order valence-electron chi connectivity index (χ1n) is 6.86. The Labute approximate surface area is 115 Å². The number of nitrogens with zero attached hydrogens (tertiary/aromatic N) is 2. The van der Waals surface area contributed by atoms with E-state index in [1.807, 2.05) is 17.0 Å². The largest absolute Gasteiger partial charge is 0.399 e. The van der Waals surface area contributed by atoms with E-state index in [0.717, 1.165) is 38.0 Å². The zero-order chi connectivity index (χ0) is 13.8. The molecule has 4 nitrogen and oxygen atoms in total. The van der Waals surface area contributed by atoms with Crippen molar-refractivity contribution in [1.82, 2.24) is 9.80 Å². The van der Waals surface area contributed by atoms with Crippen LogP contribution in [0.2, 0.25) is 0 Å². The first-order chi connectivity index (χ1) is 9.06. The standard InChI is InChI=1S/C15H23N3O/c1-17(2)11-12-7-9-18(10-8-12)15(19)13-3-5-14(16)6-4-13/h3-6,12H,7-11,16H2,1-2H3. The molecule has 1 aromatic carbocycles. The summed E-state index contributed by atoms with van der Waals surface area (Å²) < 4.78 is 0. The first kappa shape index (κ1) is 13.9. The fourth-order valence-electron chi connectivity index (χ4n) is 2.64. The molecule has 1 aromatic rings. The van der Waals surface area contributed by atoms with E-state index in [4.69, 9.17) is 5.73 Å². The van der Waals surface area contributed by atoms with E-state index in [2.05, 4.69) is 19.0 Å². The number of anilines is 1. The van der Waals surface area contributed by atoms with Crippen LogP contribution < -0.4 is 5.73 Å². The smallest absolute Gasteiger partial charge is 0.253 e. The Morgan fingerprint density at radius 3 is 2.37 bits per heavy atom. The highest BCUT2D eigenvalue weighted by Gasteiger charge is 2.23. The van der Waals surface area contributed by atoms with Gasteiger partial charge >= 0.3 is 0 Å². The molecule has 2 N–H and O–H groups in total. The summed E-state index contributed by atoms with van der Waals surface area (Å²) in [4.78, 5) is 16.5. The normalized spacial score (nSPS) is 16.9. The van der Waals surface area contributed by atoms with Crippen LogP contribution >= 0.6 is 0 Å². The van der Waals surface area contributed by atoms with Gasteiger partial charge < -0.3 is 15.5 Å². The van der Waals surface area contributed by atoms with Crippen LogP contribution in [0.5, 0.6) is 0 Å². The molecule has 1 amide bonds. The number of rotatable bonds is 3. The lowest BCUT2D eigenvalue weighted by atomic mass is 9.96. The minimum Gasteiger partial charge on any atom is -0.399 e. The number of benzene rings is 1. The fourth-order valence-corrected chi connectivity index (χ4v) is 2.64. The van der Waals surface area contributed by atoms with Gasteiger partial charge in [-0.15, -0.1) is 0 Å². The van der Waals surface area contributed by atoms with Gasteiger partial charge in [-0.1, -0.05) is 0 Å². The van der Waals surface area contributed by atoms with Crippen molar-refractivity contribution in [3.05, 3.63) is 29.8 Å². The fraction of sp³-hybridized carbons (Fsp3) is 0.533. The van der Waals surface area contributed by atoms with Gasteiger partial charge in [0.25, 0.3) is 5.91 Å². The molecule has 4 heteroatoms. The second kappa shape index (κ2) is 6.06. The van der Waals surface area contributed by atoms with Gasteiger partial charge in [0, 0.05) is 30.9 Å². The molecule has 0 aliphatic carbocycles. The predicted molar refractivity (Wildman–Crippen MR) is 78.0 cm³/mol. The van der Waals surface area contributed by atoms with E-state index in [1.165, 1.54) is 0 Å². The number of piperidine rings is 1. The number of carbonyl (C=O) groups is 1. The zero-order valence-corrected chi connectivity index (χ0v) is 11.8. The zero-order valence-electron chi connectivity index (χ0n) is 11.8. The van der Waals surface area contributed by atoms with Gasteiger partial charge in [-0.3, -0.25) is 4.79 Å². The van der Waals surface area contributed by atoms with Gasteiger partial charge in [0.1, 0.15) is 0 Å². The van der Waals surface area contributed by atoms with Crippen molar-refractivity contribution in [2.24, 2.45) is 5.92 Å². The Morgan fingerprint density at radius 2 is 1.84 bits per heavy atom. The molecule has 2 rings (SSSR count). The van der Waals surface area contributed by atoms with Crippen LogP contribution in [0.15, 0.2) is 24.3 Å². The Balaban J connectivity index is 1.90. The lowest BCUT2D eigenvalue weighted by molar-refractivity contribution is 0.0678. The van der Waals surface area contributed by atoms with Crippen molar-refractivity contribution < 1.29 is 4.79 Å². The molecule has 0 bridgehead atoms. The second-order valence-corrected chi connectivity index (χ2v) is 5.62. The number of nitrogens with two attached hydrogens (primary N) is 1. The quantitative estimate of drug-likeness (QED) is 0.842. The topological polar surface area (TPSA) is 49.6 Å². The number of likely N-dealkylation sites (tertiary alicyclic amines) is 1. The van der Waals surface area contributed by atoms with Crippen LogP contribution in [0.4, 0.5) is 5.69 Å². The summed E-state index contributed by atoms with van der Waals surface area (Å²) in [5, 5.41) is 0. The number of carbonyl (C=O) groups excluding carboxylic acids is 1. The third kappa shape index (κ3) is 3.70. The maximum Gasteiger partial charge on any atom is 0.253 e. The minimum atomic E-state index is 0.128. The molecule has 0 atom stereocenters. The average molecular weight is 261 g/mol. The Hall–Kier alpha value is -1.55. The maximum atomic E-state index is 12.3. The molecule has 1 heterocycles. The lowest BCUT2D eigenvalue weighted by Crippen LogP contribution is -2.40. The maximum absolute atomic E-state index is 12.3. The molecule has 0 unspecified atom stereocenters. The first-order valence-corrected chi connectivity index (χ1v) is 6.86. The van der Waals surface area contributed by atoms with Gasteiger partial charge in [-0.2, -0.15) is 0 Å². The molecule has 0 spiro atoms. The lowest BCUT2D eigenvalue weighted by Gasteiger charge is -2.33. The van der Waals surface area contributed by atoms with Crippen LogP contribution in [0.25, 0.3) is 0 Å². The Kier molecular flexibility index (Phi) is 4.43. The summed E-state index contributed by atoms with van der Waals surface area (Å²) >= 11 is 0. The molecule has 1 aliphatic rings. The molecule has 104 valence electrons. The third-order valence-corrected chi connectivity index (χ3v) is 3.68. The highest BCUT2D eigenvalue weighted by atomic mass is 16.2. The average Bonchev–Trinajstić information content (AvgIpc) is 2.39. The molecule has 0 aromatic heterocycles. The van der Waals surface area contributed by atoms with Gasteiger partial charge in [-0.25, -0.2) is 0 Å².